The number of nitrogens with one attached hydrogen (secondary N) is 1. The van der Waals surface area contributed by atoms with Gasteiger partial charge in [-0.2, -0.15) is 0 Å². The third-order valence-electron chi connectivity index (χ3n) is 7.10. The van der Waals surface area contributed by atoms with Crippen LogP contribution in [0.5, 0.6) is 0 Å². The maximum Gasteiger partial charge on any atom is 0.333 e. The number of nitrogens with zero attached hydrogens (tertiary/aromatic N) is 4. The van der Waals surface area contributed by atoms with Crippen molar-refractivity contribution in [2.45, 2.75) is 70.9 Å². The molecule has 1 aliphatic carbocycles. The van der Waals surface area contributed by atoms with E-state index in [1.165, 1.54) is 24.8 Å². The molecule has 0 bridgehead atoms. The van der Waals surface area contributed by atoms with Crippen LogP contribution in [0.25, 0.3) is 17.1 Å². The van der Waals surface area contributed by atoms with Gasteiger partial charge in [-0.15, -0.1) is 0 Å². The summed E-state index contributed by atoms with van der Waals surface area (Å²) in [4.78, 5) is 23.0. The second kappa shape index (κ2) is 9.51. The van der Waals surface area contributed by atoms with Gasteiger partial charge in [-0.25, -0.2) is 14.8 Å². The quantitative estimate of drug-likeness (QED) is 0.608. The normalized spacial score (nSPS) is 17.9. The Bertz CT molecular complexity index is 1170. The molecule has 7 nitrogen and oxygen atoms in total. The summed E-state index contributed by atoms with van der Waals surface area (Å²) in [5.74, 6) is 0.636. The van der Waals surface area contributed by atoms with Gasteiger partial charge in [-0.1, -0.05) is 25.3 Å². The van der Waals surface area contributed by atoms with Gasteiger partial charge in [0.15, 0.2) is 0 Å². The Morgan fingerprint density at radius 1 is 1.00 bits per heavy atom. The van der Waals surface area contributed by atoms with Crippen molar-refractivity contribution in [3.63, 3.8) is 0 Å². The highest BCUT2D eigenvalue weighted by atomic mass is 16.5. The van der Waals surface area contributed by atoms with Crippen LogP contribution in [0.4, 0.5) is 5.95 Å². The van der Waals surface area contributed by atoms with Crippen molar-refractivity contribution in [3.05, 3.63) is 58.3 Å². The third-order valence-corrected chi connectivity index (χ3v) is 7.10. The van der Waals surface area contributed by atoms with Crippen LogP contribution in [0, 0.1) is 13.8 Å². The Balaban J connectivity index is 1.57. The molecule has 7 heteroatoms. The van der Waals surface area contributed by atoms with E-state index in [0.717, 1.165) is 48.3 Å². The number of hydrogen-bond donors (Lipinski definition) is 1. The third kappa shape index (κ3) is 4.60. The number of anilines is 1. The first kappa shape index (κ1) is 21.9. The molecule has 2 fully saturated rings. The monoisotopic (exact) mass is 447 g/mol. The van der Waals surface area contributed by atoms with Crippen LogP contribution in [0.1, 0.15) is 62.1 Å². The summed E-state index contributed by atoms with van der Waals surface area (Å²) in [6.45, 7) is 5.54. The van der Waals surface area contributed by atoms with Crippen LogP contribution in [0.2, 0.25) is 0 Å². The van der Waals surface area contributed by atoms with E-state index in [0.29, 0.717) is 25.2 Å². The maximum absolute atomic E-state index is 13.7. The molecule has 33 heavy (non-hydrogen) atoms. The van der Waals surface area contributed by atoms with E-state index in [2.05, 4.69) is 36.3 Å². The van der Waals surface area contributed by atoms with Crippen LogP contribution in [0.3, 0.4) is 0 Å². The Labute approximate surface area is 194 Å². The minimum absolute atomic E-state index is 0.0273. The van der Waals surface area contributed by atoms with Crippen molar-refractivity contribution in [2.24, 2.45) is 0 Å². The van der Waals surface area contributed by atoms with Gasteiger partial charge < -0.3 is 10.1 Å². The first-order valence-electron chi connectivity index (χ1n) is 12.2. The van der Waals surface area contributed by atoms with Crippen molar-refractivity contribution in [3.8, 4) is 17.1 Å². The highest BCUT2D eigenvalue weighted by Gasteiger charge is 2.23. The molecule has 1 aromatic carbocycles. The van der Waals surface area contributed by atoms with E-state index in [1.54, 1.807) is 10.8 Å². The Kier molecular flexibility index (Phi) is 6.31. The average molecular weight is 448 g/mol. The molecule has 0 radical (unpaired) electrons. The predicted molar refractivity (Wildman–Crippen MR) is 130 cm³/mol. The Morgan fingerprint density at radius 2 is 1.79 bits per heavy atom. The molecule has 2 aliphatic rings. The molecular weight excluding hydrogens is 414 g/mol. The highest BCUT2D eigenvalue weighted by Crippen LogP contribution is 2.27. The lowest BCUT2D eigenvalue weighted by molar-refractivity contribution is 0.0686. The Morgan fingerprint density at radius 3 is 2.55 bits per heavy atom. The number of hydrogen-bond acceptors (Lipinski definition) is 5. The molecule has 1 saturated heterocycles. The summed E-state index contributed by atoms with van der Waals surface area (Å²) in [6, 6.07) is 8.62. The van der Waals surface area contributed by atoms with E-state index in [-0.39, 0.29) is 11.7 Å². The molecule has 1 N–H and O–H groups in total. The summed E-state index contributed by atoms with van der Waals surface area (Å²) in [7, 11) is 0. The maximum atomic E-state index is 13.7. The van der Waals surface area contributed by atoms with E-state index in [9.17, 15) is 4.79 Å². The zero-order valence-corrected chi connectivity index (χ0v) is 19.6. The summed E-state index contributed by atoms with van der Waals surface area (Å²) < 4.78 is 9.21. The molecule has 174 valence electrons. The molecular formula is C26H33N5O2. The fraction of sp³-hybridized carbons (Fsp3) is 0.500. The molecule has 0 atom stereocenters. The van der Waals surface area contributed by atoms with Gasteiger partial charge in [0.1, 0.15) is 0 Å². The SMILES string of the molecule is Cc1ccc(-n2c(-c3ccnc(NC4CCCCC4)n3)cn(C3CCOCC3)c2=O)cc1C. The topological polar surface area (TPSA) is 74.0 Å². The molecule has 5 rings (SSSR count). The molecule has 3 heterocycles. The Hall–Kier alpha value is -2.93. The first-order valence-corrected chi connectivity index (χ1v) is 12.2. The molecule has 1 saturated carbocycles. The number of aromatic nitrogens is 4. The molecule has 0 spiro atoms. The largest absolute Gasteiger partial charge is 0.381 e. The van der Waals surface area contributed by atoms with E-state index >= 15 is 0 Å². The van der Waals surface area contributed by atoms with Crippen LogP contribution in [-0.2, 0) is 4.74 Å². The van der Waals surface area contributed by atoms with Gasteiger partial charge in [0, 0.05) is 37.7 Å². The first-order chi connectivity index (χ1) is 16.1. The van der Waals surface area contributed by atoms with Crippen molar-refractivity contribution in [2.75, 3.05) is 18.5 Å². The van der Waals surface area contributed by atoms with Crippen molar-refractivity contribution < 1.29 is 4.74 Å². The van der Waals surface area contributed by atoms with Crippen LogP contribution < -0.4 is 11.0 Å². The van der Waals surface area contributed by atoms with Gasteiger partial charge in [0.05, 0.1) is 17.1 Å². The van der Waals surface area contributed by atoms with Crippen LogP contribution >= 0.6 is 0 Å². The van der Waals surface area contributed by atoms with Gasteiger partial charge in [-0.05, 0) is 68.9 Å². The number of rotatable bonds is 5. The van der Waals surface area contributed by atoms with Gasteiger partial charge in [0.2, 0.25) is 5.95 Å². The second-order valence-electron chi connectivity index (χ2n) is 9.40. The van der Waals surface area contributed by atoms with Crippen LogP contribution in [-0.4, -0.2) is 38.4 Å². The van der Waals surface area contributed by atoms with E-state index in [1.807, 2.05) is 22.9 Å². The number of ether oxygens (including phenoxy) is 1. The number of imidazole rings is 1. The van der Waals surface area contributed by atoms with Gasteiger partial charge in [-0.3, -0.25) is 9.13 Å². The lowest BCUT2D eigenvalue weighted by atomic mass is 9.96. The minimum atomic E-state index is -0.0273. The van der Waals surface area contributed by atoms with Gasteiger partial charge in [0.25, 0.3) is 0 Å². The lowest BCUT2D eigenvalue weighted by Gasteiger charge is -2.22. The summed E-state index contributed by atoms with van der Waals surface area (Å²) in [5, 5.41) is 3.52. The fourth-order valence-electron chi connectivity index (χ4n) is 4.98. The minimum Gasteiger partial charge on any atom is -0.381 e. The lowest BCUT2D eigenvalue weighted by Crippen LogP contribution is -2.30. The van der Waals surface area contributed by atoms with E-state index < -0.39 is 0 Å². The van der Waals surface area contributed by atoms with E-state index in [4.69, 9.17) is 9.72 Å². The summed E-state index contributed by atoms with van der Waals surface area (Å²) >= 11 is 0. The predicted octanol–water partition coefficient (Wildman–Crippen LogP) is 4.81. The standard InChI is InChI=1S/C26H33N5O2/c1-18-8-9-22(16-19(18)2)31-24(17-30(26(31)32)21-11-14-33-15-12-21)23-10-13-27-25(29-23)28-20-6-4-3-5-7-20/h8-10,13,16-17,20-21H,3-7,11-12,14-15H2,1-2H3,(H,27,28,29). The highest BCUT2D eigenvalue weighted by molar-refractivity contribution is 5.59. The summed E-state index contributed by atoms with van der Waals surface area (Å²) in [5.41, 5.74) is 4.75. The number of aryl methyl sites for hydroxylation is 2. The molecule has 0 unspecified atom stereocenters. The van der Waals surface area contributed by atoms with Crippen LogP contribution in [0.15, 0.2) is 41.5 Å². The second-order valence-corrected chi connectivity index (χ2v) is 9.40. The zero-order valence-electron chi connectivity index (χ0n) is 19.6. The molecule has 3 aromatic rings. The number of benzene rings is 1. The zero-order chi connectivity index (χ0) is 22.8. The van der Waals surface area contributed by atoms with Crippen molar-refractivity contribution >= 4 is 5.95 Å². The van der Waals surface area contributed by atoms with Crippen molar-refractivity contribution in [1.29, 1.82) is 0 Å². The molecule has 2 aromatic heterocycles. The summed E-state index contributed by atoms with van der Waals surface area (Å²) in [6.07, 6.45) is 11.6. The smallest absolute Gasteiger partial charge is 0.333 e. The van der Waals surface area contributed by atoms with Crippen molar-refractivity contribution in [1.82, 2.24) is 19.1 Å². The fourth-order valence-corrected chi connectivity index (χ4v) is 4.98. The average Bonchev–Trinajstić information content (AvgIpc) is 3.19. The van der Waals surface area contributed by atoms with Gasteiger partial charge >= 0.3 is 5.69 Å². The molecule has 1 aliphatic heterocycles. The molecule has 0 amide bonds.